The molecule has 26 heavy (non-hydrogen) atoms. The Hall–Kier alpha value is -1.83. The smallest absolute Gasteiger partial charge is 0.307 e. The second-order valence-corrected chi connectivity index (χ2v) is 9.98. The van der Waals surface area contributed by atoms with Gasteiger partial charge in [0.15, 0.2) is 9.84 Å². The number of fused-ring (bicyclic) bond motifs is 1. The molecule has 0 aliphatic heterocycles. The van der Waals surface area contributed by atoms with E-state index in [1.165, 1.54) is 6.07 Å². The monoisotopic (exact) mass is 411 g/mol. The zero-order valence-electron chi connectivity index (χ0n) is 14.5. The van der Waals surface area contributed by atoms with Gasteiger partial charge in [-0.25, -0.2) is 8.42 Å². The molecule has 0 radical (unpaired) electrons. The maximum atomic E-state index is 11.7. The molecule has 2 heterocycles. The molecular weight excluding hydrogens is 394 g/mol. The Kier molecular flexibility index (Phi) is 4.90. The Morgan fingerprint density at radius 2 is 1.96 bits per heavy atom. The highest BCUT2D eigenvalue weighted by Gasteiger charge is 2.19. The summed E-state index contributed by atoms with van der Waals surface area (Å²) in [6.45, 7) is 4.34. The number of sulfone groups is 1. The maximum Gasteiger partial charge on any atom is 0.307 e. The lowest BCUT2D eigenvalue weighted by Crippen LogP contribution is -2.06. The molecule has 0 saturated carbocycles. The lowest BCUT2D eigenvalue weighted by Gasteiger charge is -2.11. The van der Waals surface area contributed by atoms with Crippen molar-refractivity contribution >= 4 is 49.0 Å². The van der Waals surface area contributed by atoms with E-state index >= 15 is 0 Å². The minimum absolute atomic E-state index is 0.0355. The van der Waals surface area contributed by atoms with Gasteiger partial charge in [-0.05, 0) is 43.2 Å². The predicted molar refractivity (Wildman–Crippen MR) is 104 cm³/mol. The Labute approximate surface area is 160 Å². The van der Waals surface area contributed by atoms with E-state index in [9.17, 15) is 18.3 Å². The molecule has 0 amide bonds. The summed E-state index contributed by atoms with van der Waals surface area (Å²) in [7, 11) is -3.32. The second-order valence-electron chi connectivity index (χ2n) is 6.32. The first-order chi connectivity index (χ1) is 12.1. The third-order valence-electron chi connectivity index (χ3n) is 4.36. The van der Waals surface area contributed by atoms with Gasteiger partial charge in [0.05, 0.1) is 17.9 Å². The molecule has 8 heteroatoms. The number of carbonyl (C=O) groups is 1. The minimum Gasteiger partial charge on any atom is -0.481 e. The zero-order chi connectivity index (χ0) is 19.2. The Balaban J connectivity index is 2.09. The van der Waals surface area contributed by atoms with Gasteiger partial charge in [-0.15, -0.1) is 11.3 Å². The summed E-state index contributed by atoms with van der Waals surface area (Å²) in [4.78, 5) is 13.5. The van der Waals surface area contributed by atoms with Crippen LogP contribution >= 0.6 is 22.9 Å². The summed E-state index contributed by atoms with van der Waals surface area (Å²) in [5.41, 5.74) is 2.48. The number of nitrogens with zero attached hydrogens (tertiary/aromatic N) is 1. The summed E-state index contributed by atoms with van der Waals surface area (Å²) < 4.78 is 25.4. The highest BCUT2D eigenvalue weighted by atomic mass is 35.5. The number of hydrogen-bond donors (Lipinski definition) is 1. The summed E-state index contributed by atoms with van der Waals surface area (Å²) in [6.07, 6.45) is 1.11. The third kappa shape index (κ3) is 3.51. The van der Waals surface area contributed by atoms with Crippen molar-refractivity contribution in [3.05, 3.63) is 51.0 Å². The van der Waals surface area contributed by atoms with E-state index in [0.717, 1.165) is 38.2 Å². The molecule has 1 N–H and O–H groups in total. The third-order valence-corrected chi connectivity index (χ3v) is 6.89. The molecule has 0 bridgehead atoms. The maximum absolute atomic E-state index is 11.7. The van der Waals surface area contributed by atoms with Gasteiger partial charge in [0.25, 0.3) is 0 Å². The first kappa shape index (κ1) is 18.9. The molecule has 138 valence electrons. The van der Waals surface area contributed by atoms with Gasteiger partial charge in [0.2, 0.25) is 0 Å². The molecule has 0 atom stereocenters. The molecule has 0 unspecified atom stereocenters. The number of aliphatic carboxylic acids is 1. The van der Waals surface area contributed by atoms with Gasteiger partial charge in [-0.3, -0.25) is 4.79 Å². The molecule has 1 aromatic carbocycles. The highest BCUT2D eigenvalue weighted by molar-refractivity contribution is 7.90. The van der Waals surface area contributed by atoms with E-state index < -0.39 is 15.8 Å². The van der Waals surface area contributed by atoms with Crippen LogP contribution in [-0.2, 0) is 27.6 Å². The molecule has 0 fully saturated rings. The number of benzene rings is 1. The highest BCUT2D eigenvalue weighted by Crippen LogP contribution is 2.34. The summed E-state index contributed by atoms with van der Waals surface area (Å²) in [6, 6.07) is 6.72. The van der Waals surface area contributed by atoms with Crippen molar-refractivity contribution in [2.45, 2.75) is 31.7 Å². The fourth-order valence-corrected chi connectivity index (χ4v) is 5.09. The average Bonchev–Trinajstić information content (AvgIpc) is 2.99. The minimum atomic E-state index is -3.32. The first-order valence-electron chi connectivity index (χ1n) is 7.86. The van der Waals surface area contributed by atoms with Crippen LogP contribution in [0.2, 0.25) is 5.02 Å². The zero-order valence-corrected chi connectivity index (χ0v) is 16.9. The summed E-state index contributed by atoms with van der Waals surface area (Å²) in [5.74, 6) is -0.869. The quantitative estimate of drug-likeness (QED) is 0.687. The van der Waals surface area contributed by atoms with Gasteiger partial charge >= 0.3 is 5.97 Å². The fraction of sp³-hybridized carbons (Fsp3) is 0.278. The number of aromatic nitrogens is 1. The molecule has 0 spiro atoms. The van der Waals surface area contributed by atoms with Crippen molar-refractivity contribution in [3.63, 3.8) is 0 Å². The standard InChI is InChI=1S/C18H18ClNO4S2/c1-10-6-15-14(8-17(21)22)11(2)20(18(15)25-10)9-12-4-5-13(7-16(12)19)26(3,23)24/h4-7H,8-9H2,1-3H3,(H,21,22). The van der Waals surface area contributed by atoms with E-state index in [1.807, 2.05) is 24.5 Å². The Bertz CT molecular complexity index is 1130. The molecule has 0 aliphatic rings. The van der Waals surface area contributed by atoms with E-state index in [-0.39, 0.29) is 11.3 Å². The fourth-order valence-electron chi connectivity index (χ4n) is 3.05. The molecular formula is C18H18ClNO4S2. The van der Waals surface area contributed by atoms with E-state index in [0.29, 0.717) is 11.6 Å². The Morgan fingerprint density at radius 1 is 1.27 bits per heavy atom. The van der Waals surface area contributed by atoms with E-state index in [2.05, 4.69) is 0 Å². The molecule has 0 aliphatic carbocycles. The van der Waals surface area contributed by atoms with Crippen LogP contribution in [0.4, 0.5) is 0 Å². The van der Waals surface area contributed by atoms with Crippen LogP contribution in [0.5, 0.6) is 0 Å². The average molecular weight is 412 g/mol. The van der Waals surface area contributed by atoms with Gasteiger partial charge in [-0.2, -0.15) is 0 Å². The van der Waals surface area contributed by atoms with Crippen molar-refractivity contribution in [2.75, 3.05) is 6.26 Å². The number of carboxylic acid groups (broad SMARTS) is 1. The van der Waals surface area contributed by atoms with Crippen LogP contribution in [0.3, 0.4) is 0 Å². The van der Waals surface area contributed by atoms with Crippen LogP contribution in [0.15, 0.2) is 29.2 Å². The second kappa shape index (κ2) is 6.72. The van der Waals surface area contributed by atoms with Crippen LogP contribution in [0.25, 0.3) is 10.2 Å². The lowest BCUT2D eigenvalue weighted by atomic mass is 10.1. The number of rotatable bonds is 5. The van der Waals surface area contributed by atoms with Crippen molar-refractivity contribution in [1.29, 1.82) is 0 Å². The SMILES string of the molecule is Cc1cc2c(CC(=O)O)c(C)n(Cc3ccc(S(C)(=O)=O)cc3Cl)c2s1. The molecule has 3 rings (SSSR count). The van der Waals surface area contributed by atoms with Crippen LogP contribution in [0, 0.1) is 13.8 Å². The number of thiophene rings is 1. The van der Waals surface area contributed by atoms with Gasteiger partial charge in [-0.1, -0.05) is 17.7 Å². The van der Waals surface area contributed by atoms with E-state index in [1.54, 1.807) is 23.5 Å². The van der Waals surface area contributed by atoms with Crippen LogP contribution in [0.1, 0.15) is 21.7 Å². The normalized spacial score (nSPS) is 12.0. The largest absolute Gasteiger partial charge is 0.481 e. The van der Waals surface area contributed by atoms with Crippen LogP contribution in [-0.4, -0.2) is 30.3 Å². The lowest BCUT2D eigenvalue weighted by molar-refractivity contribution is -0.136. The van der Waals surface area contributed by atoms with Crippen molar-refractivity contribution in [2.24, 2.45) is 0 Å². The topological polar surface area (TPSA) is 76.4 Å². The molecule has 3 aromatic rings. The molecule has 0 saturated heterocycles. The van der Waals surface area contributed by atoms with Gasteiger partial charge < -0.3 is 9.67 Å². The van der Waals surface area contributed by atoms with Gasteiger partial charge in [0.1, 0.15) is 4.83 Å². The Morgan fingerprint density at radius 3 is 2.54 bits per heavy atom. The number of carboxylic acids is 1. The van der Waals surface area contributed by atoms with Gasteiger partial charge in [0, 0.05) is 27.2 Å². The molecule has 2 aromatic heterocycles. The predicted octanol–water partition coefficient (Wildman–Crippen LogP) is 4.05. The summed E-state index contributed by atoms with van der Waals surface area (Å²) in [5, 5.41) is 10.6. The first-order valence-corrected chi connectivity index (χ1v) is 10.9. The van der Waals surface area contributed by atoms with Crippen molar-refractivity contribution in [3.8, 4) is 0 Å². The number of hydrogen-bond acceptors (Lipinski definition) is 4. The molecule has 5 nitrogen and oxygen atoms in total. The number of aryl methyl sites for hydroxylation is 1. The van der Waals surface area contributed by atoms with E-state index in [4.69, 9.17) is 11.6 Å². The number of halogens is 1. The van der Waals surface area contributed by atoms with Crippen molar-refractivity contribution in [1.82, 2.24) is 4.57 Å². The summed E-state index contributed by atoms with van der Waals surface area (Å²) >= 11 is 7.92. The van der Waals surface area contributed by atoms with Crippen molar-refractivity contribution < 1.29 is 18.3 Å². The van der Waals surface area contributed by atoms with Crippen LogP contribution < -0.4 is 0 Å².